The molecule has 0 aromatic carbocycles. The zero-order chi connectivity index (χ0) is 10.0. The number of alkyl halides is 2. The van der Waals surface area contributed by atoms with Crippen LogP contribution in [0.15, 0.2) is 6.07 Å². The predicted molar refractivity (Wildman–Crippen MR) is 52.8 cm³/mol. The van der Waals surface area contributed by atoms with Gasteiger partial charge in [-0.15, -0.1) is 0 Å². The summed E-state index contributed by atoms with van der Waals surface area (Å²) in [7, 11) is 0. The number of nitrogens with zero attached hydrogens (tertiary/aromatic N) is 1. The van der Waals surface area contributed by atoms with E-state index in [0.717, 1.165) is 6.07 Å². The standard InChI is InChI=1S/C7H5ClF2INO/c8-5-1-3(6(9)10)4(2-13)7(11)12-5/h1,6,13H,2H2. The van der Waals surface area contributed by atoms with Crippen molar-refractivity contribution in [1.29, 1.82) is 0 Å². The fraction of sp³-hybridized carbons (Fsp3) is 0.286. The number of aliphatic hydroxyl groups excluding tert-OH is 1. The van der Waals surface area contributed by atoms with E-state index in [1.165, 1.54) is 0 Å². The molecule has 0 aliphatic carbocycles. The summed E-state index contributed by atoms with van der Waals surface area (Å²) in [4.78, 5) is 3.75. The van der Waals surface area contributed by atoms with Crippen LogP contribution in [0.25, 0.3) is 0 Å². The molecule has 1 aromatic rings. The summed E-state index contributed by atoms with van der Waals surface area (Å²) >= 11 is 7.25. The molecule has 0 spiro atoms. The molecule has 1 heterocycles. The Morgan fingerprint density at radius 3 is 2.69 bits per heavy atom. The zero-order valence-corrected chi connectivity index (χ0v) is 9.18. The highest BCUT2D eigenvalue weighted by Crippen LogP contribution is 2.27. The second kappa shape index (κ2) is 4.47. The van der Waals surface area contributed by atoms with Crippen LogP contribution in [0.2, 0.25) is 5.15 Å². The number of aromatic nitrogens is 1. The van der Waals surface area contributed by atoms with Gasteiger partial charge in [-0.3, -0.25) is 0 Å². The van der Waals surface area contributed by atoms with Crippen molar-refractivity contribution in [1.82, 2.24) is 4.98 Å². The lowest BCUT2D eigenvalue weighted by molar-refractivity contribution is 0.146. The van der Waals surface area contributed by atoms with Crippen molar-refractivity contribution < 1.29 is 13.9 Å². The number of rotatable bonds is 2. The largest absolute Gasteiger partial charge is 0.392 e. The quantitative estimate of drug-likeness (QED) is 0.672. The fourth-order valence-electron chi connectivity index (χ4n) is 0.879. The van der Waals surface area contributed by atoms with Crippen molar-refractivity contribution >= 4 is 34.2 Å². The first-order valence-electron chi connectivity index (χ1n) is 3.30. The molecule has 0 aliphatic heterocycles. The Kier molecular flexibility index (Phi) is 3.81. The van der Waals surface area contributed by atoms with Gasteiger partial charge in [-0.25, -0.2) is 13.8 Å². The molecule has 1 aromatic heterocycles. The third-order valence-corrected chi connectivity index (χ3v) is 2.56. The maximum absolute atomic E-state index is 12.4. The van der Waals surface area contributed by atoms with Gasteiger partial charge in [0.05, 0.1) is 6.61 Å². The minimum Gasteiger partial charge on any atom is -0.392 e. The lowest BCUT2D eigenvalue weighted by Crippen LogP contribution is -2.00. The molecule has 13 heavy (non-hydrogen) atoms. The average molecular weight is 319 g/mol. The number of halogens is 4. The van der Waals surface area contributed by atoms with Crippen LogP contribution in [0.4, 0.5) is 8.78 Å². The van der Waals surface area contributed by atoms with E-state index < -0.39 is 13.0 Å². The van der Waals surface area contributed by atoms with Gasteiger partial charge < -0.3 is 5.11 Å². The highest BCUT2D eigenvalue weighted by molar-refractivity contribution is 14.1. The monoisotopic (exact) mass is 319 g/mol. The summed E-state index contributed by atoms with van der Waals surface area (Å²) in [5.41, 5.74) is -0.119. The van der Waals surface area contributed by atoms with E-state index in [1.807, 2.05) is 0 Å². The van der Waals surface area contributed by atoms with E-state index in [2.05, 4.69) is 4.98 Å². The molecule has 1 N–H and O–H groups in total. The number of hydrogen-bond donors (Lipinski definition) is 1. The molecule has 0 aliphatic rings. The molecule has 72 valence electrons. The van der Waals surface area contributed by atoms with Gasteiger partial charge in [0.25, 0.3) is 6.43 Å². The first kappa shape index (κ1) is 11.1. The van der Waals surface area contributed by atoms with Gasteiger partial charge >= 0.3 is 0 Å². The summed E-state index contributed by atoms with van der Waals surface area (Å²) in [6.07, 6.45) is -2.64. The van der Waals surface area contributed by atoms with Crippen molar-refractivity contribution in [2.45, 2.75) is 13.0 Å². The molecule has 0 atom stereocenters. The molecular formula is C7H5ClF2INO. The third-order valence-electron chi connectivity index (χ3n) is 1.47. The Labute approximate surface area is 92.1 Å². The van der Waals surface area contributed by atoms with Crippen LogP contribution in [0, 0.1) is 3.70 Å². The van der Waals surface area contributed by atoms with Gasteiger partial charge in [-0.2, -0.15) is 0 Å². The van der Waals surface area contributed by atoms with Crippen LogP contribution >= 0.6 is 34.2 Å². The second-order valence-corrected chi connectivity index (χ2v) is 3.67. The zero-order valence-electron chi connectivity index (χ0n) is 6.27. The summed E-state index contributed by atoms with van der Waals surface area (Å²) in [5, 5.41) is 8.83. The fourth-order valence-corrected chi connectivity index (χ4v) is 1.97. The van der Waals surface area contributed by atoms with Gasteiger partial charge in [0, 0.05) is 11.1 Å². The third kappa shape index (κ3) is 2.47. The van der Waals surface area contributed by atoms with Crippen LogP contribution < -0.4 is 0 Å². The van der Waals surface area contributed by atoms with Gasteiger partial charge in [0.2, 0.25) is 0 Å². The highest BCUT2D eigenvalue weighted by Gasteiger charge is 2.16. The van der Waals surface area contributed by atoms with Crippen molar-refractivity contribution in [3.05, 3.63) is 26.0 Å². The molecular weight excluding hydrogens is 314 g/mol. The van der Waals surface area contributed by atoms with Crippen molar-refractivity contribution in [3.63, 3.8) is 0 Å². The van der Waals surface area contributed by atoms with E-state index in [4.69, 9.17) is 16.7 Å². The van der Waals surface area contributed by atoms with Crippen molar-refractivity contribution in [2.24, 2.45) is 0 Å². The smallest absolute Gasteiger partial charge is 0.264 e. The molecule has 0 unspecified atom stereocenters. The van der Waals surface area contributed by atoms with E-state index in [1.54, 1.807) is 22.6 Å². The first-order chi connectivity index (χ1) is 6.06. The molecule has 2 nitrogen and oxygen atoms in total. The van der Waals surface area contributed by atoms with Crippen molar-refractivity contribution in [3.8, 4) is 0 Å². The van der Waals surface area contributed by atoms with Crippen LogP contribution in [0.3, 0.4) is 0 Å². The molecule has 0 amide bonds. The maximum Gasteiger partial charge on any atom is 0.264 e. The SMILES string of the molecule is OCc1c(C(F)F)cc(Cl)nc1I. The number of aliphatic hydroxyl groups is 1. The first-order valence-corrected chi connectivity index (χ1v) is 4.75. The molecule has 6 heteroatoms. The number of hydrogen-bond acceptors (Lipinski definition) is 2. The summed E-state index contributed by atoms with van der Waals surface area (Å²) in [6.45, 7) is -0.456. The Morgan fingerprint density at radius 1 is 1.62 bits per heavy atom. The molecule has 1 rings (SSSR count). The van der Waals surface area contributed by atoms with Gasteiger partial charge in [-0.05, 0) is 28.7 Å². The van der Waals surface area contributed by atoms with Crippen LogP contribution in [-0.2, 0) is 6.61 Å². The Hall–Kier alpha value is -0.0100. The molecule has 0 bridgehead atoms. The number of pyridine rings is 1. The molecule has 0 fully saturated rings. The van der Waals surface area contributed by atoms with Gasteiger partial charge in [-0.1, -0.05) is 11.6 Å². The van der Waals surface area contributed by atoms with E-state index in [9.17, 15) is 8.78 Å². The van der Waals surface area contributed by atoms with Crippen LogP contribution in [0.5, 0.6) is 0 Å². The minimum atomic E-state index is -2.64. The molecule has 0 saturated heterocycles. The second-order valence-electron chi connectivity index (χ2n) is 2.26. The Bertz CT molecular complexity index is 322. The van der Waals surface area contributed by atoms with Crippen LogP contribution in [-0.4, -0.2) is 10.1 Å². The normalized spacial score (nSPS) is 10.9. The molecule has 0 saturated carbocycles. The van der Waals surface area contributed by atoms with Crippen LogP contribution in [0.1, 0.15) is 17.6 Å². The summed E-state index contributed by atoms with van der Waals surface area (Å²) in [5.74, 6) is 0. The summed E-state index contributed by atoms with van der Waals surface area (Å²) < 4.78 is 25.1. The van der Waals surface area contributed by atoms with Gasteiger partial charge in [0.15, 0.2) is 0 Å². The average Bonchev–Trinajstić information content (AvgIpc) is 2.02. The topological polar surface area (TPSA) is 33.1 Å². The summed E-state index contributed by atoms with van der Waals surface area (Å²) in [6, 6.07) is 1.07. The minimum absolute atomic E-state index is 0.0110. The lowest BCUT2D eigenvalue weighted by Gasteiger charge is -2.08. The highest BCUT2D eigenvalue weighted by atomic mass is 127. The predicted octanol–water partition coefficient (Wildman–Crippen LogP) is 2.77. The van der Waals surface area contributed by atoms with Crippen molar-refractivity contribution in [2.75, 3.05) is 0 Å². The van der Waals surface area contributed by atoms with E-state index in [-0.39, 0.29) is 16.3 Å². The van der Waals surface area contributed by atoms with Gasteiger partial charge in [0.1, 0.15) is 8.85 Å². The Balaban J connectivity index is 3.29. The van der Waals surface area contributed by atoms with E-state index in [0.29, 0.717) is 3.70 Å². The lowest BCUT2D eigenvalue weighted by atomic mass is 10.1. The Morgan fingerprint density at radius 2 is 2.23 bits per heavy atom. The molecule has 0 radical (unpaired) electrons. The maximum atomic E-state index is 12.4. The van der Waals surface area contributed by atoms with E-state index >= 15 is 0 Å².